The van der Waals surface area contributed by atoms with E-state index < -0.39 is 11.8 Å². The number of hydrogen-bond acceptors (Lipinski definition) is 3. The van der Waals surface area contributed by atoms with E-state index >= 15 is 0 Å². The number of benzene rings is 1. The van der Waals surface area contributed by atoms with Crippen LogP contribution >= 0.6 is 11.6 Å². The molecule has 7 heteroatoms. The molecule has 94 valence electrons. The Labute approximate surface area is 107 Å². The lowest BCUT2D eigenvalue weighted by atomic mass is 10.2. The molecule has 0 bridgehead atoms. The molecule has 0 aliphatic carbocycles. The lowest BCUT2D eigenvalue weighted by Crippen LogP contribution is -2.06. The van der Waals surface area contributed by atoms with Gasteiger partial charge in [0.2, 0.25) is 0 Å². The van der Waals surface area contributed by atoms with Crippen LogP contribution in [0, 0.1) is 5.82 Å². The molecule has 0 saturated heterocycles. The van der Waals surface area contributed by atoms with Gasteiger partial charge in [-0.25, -0.2) is 9.18 Å². The van der Waals surface area contributed by atoms with Crippen molar-refractivity contribution >= 4 is 23.3 Å². The van der Waals surface area contributed by atoms with E-state index in [-0.39, 0.29) is 28.5 Å². The second kappa shape index (κ2) is 4.66. The van der Waals surface area contributed by atoms with Crippen molar-refractivity contribution in [2.24, 2.45) is 0 Å². The summed E-state index contributed by atoms with van der Waals surface area (Å²) in [5.74, 6) is -1.71. The normalized spacial score (nSPS) is 10.6. The van der Waals surface area contributed by atoms with E-state index in [1.807, 2.05) is 0 Å². The second-order valence-corrected chi connectivity index (χ2v) is 4.04. The molecule has 2 aromatic rings. The molecule has 2 rings (SSSR count). The number of rotatable bonds is 3. The fourth-order valence-corrected chi connectivity index (χ4v) is 1.75. The third kappa shape index (κ3) is 2.28. The van der Waals surface area contributed by atoms with Crippen LogP contribution in [0.4, 0.5) is 10.1 Å². The minimum atomic E-state index is -1.23. The highest BCUT2D eigenvalue weighted by Gasteiger charge is 2.15. The van der Waals surface area contributed by atoms with Gasteiger partial charge < -0.3 is 10.8 Å². The van der Waals surface area contributed by atoms with E-state index in [9.17, 15) is 9.18 Å². The number of nitrogens with two attached hydrogens (primary N) is 1. The van der Waals surface area contributed by atoms with Crippen molar-refractivity contribution in [2.45, 2.75) is 6.54 Å². The predicted molar refractivity (Wildman–Crippen MR) is 64.1 cm³/mol. The molecule has 5 nitrogen and oxygen atoms in total. The van der Waals surface area contributed by atoms with Crippen molar-refractivity contribution in [1.29, 1.82) is 0 Å². The Morgan fingerprint density at radius 3 is 2.83 bits per heavy atom. The third-order valence-corrected chi connectivity index (χ3v) is 2.73. The van der Waals surface area contributed by atoms with Crippen LogP contribution in [0.1, 0.15) is 16.1 Å². The first-order valence-electron chi connectivity index (χ1n) is 4.98. The molecule has 1 aromatic carbocycles. The molecule has 0 amide bonds. The van der Waals surface area contributed by atoms with Crippen molar-refractivity contribution < 1.29 is 14.3 Å². The second-order valence-electron chi connectivity index (χ2n) is 3.64. The maximum absolute atomic E-state index is 13.5. The summed E-state index contributed by atoms with van der Waals surface area (Å²) in [7, 11) is 0. The number of carboxylic acids is 1. The fourth-order valence-electron chi connectivity index (χ4n) is 1.53. The van der Waals surface area contributed by atoms with E-state index in [2.05, 4.69) is 5.10 Å². The Morgan fingerprint density at radius 1 is 1.56 bits per heavy atom. The van der Waals surface area contributed by atoms with Gasteiger partial charge in [-0.05, 0) is 12.1 Å². The maximum Gasteiger partial charge on any atom is 0.358 e. The molecule has 18 heavy (non-hydrogen) atoms. The van der Waals surface area contributed by atoms with Crippen molar-refractivity contribution in [1.82, 2.24) is 9.78 Å². The molecule has 0 atom stereocenters. The standard InChI is InChI=1S/C11H9ClFN3O2/c12-7-2-1-3-8(13)6(7)4-16-5-9(14)10(15-16)11(17)18/h1-3,5H,4,14H2,(H,17,18). The summed E-state index contributed by atoms with van der Waals surface area (Å²) >= 11 is 5.86. The highest BCUT2D eigenvalue weighted by molar-refractivity contribution is 6.31. The molecule has 0 aliphatic rings. The van der Waals surface area contributed by atoms with Gasteiger partial charge in [0.1, 0.15) is 5.82 Å². The van der Waals surface area contributed by atoms with Gasteiger partial charge in [-0.2, -0.15) is 5.10 Å². The molecule has 0 unspecified atom stereocenters. The summed E-state index contributed by atoms with van der Waals surface area (Å²) in [4.78, 5) is 10.8. The first-order valence-corrected chi connectivity index (χ1v) is 5.36. The highest BCUT2D eigenvalue weighted by atomic mass is 35.5. The van der Waals surface area contributed by atoms with Gasteiger partial charge >= 0.3 is 5.97 Å². The van der Waals surface area contributed by atoms with Crippen LogP contribution in [0.15, 0.2) is 24.4 Å². The molecular weight excluding hydrogens is 261 g/mol. The molecule has 0 saturated carbocycles. The molecule has 3 N–H and O–H groups in total. The number of carbonyl (C=O) groups is 1. The molecule has 0 aliphatic heterocycles. The number of nitrogen functional groups attached to an aromatic ring is 1. The van der Waals surface area contributed by atoms with Crippen LogP contribution in [0.2, 0.25) is 5.02 Å². The quantitative estimate of drug-likeness (QED) is 0.893. The van der Waals surface area contributed by atoms with Gasteiger partial charge in [-0.3, -0.25) is 4.68 Å². The maximum atomic E-state index is 13.5. The number of hydrogen-bond donors (Lipinski definition) is 2. The minimum absolute atomic E-state index is 0.0169. The average Bonchev–Trinajstić information content (AvgIpc) is 2.65. The van der Waals surface area contributed by atoms with E-state index in [4.69, 9.17) is 22.4 Å². The van der Waals surface area contributed by atoms with Crippen LogP contribution in [-0.4, -0.2) is 20.9 Å². The van der Waals surface area contributed by atoms with Gasteiger partial charge in [0.25, 0.3) is 0 Å². The van der Waals surface area contributed by atoms with Crippen molar-refractivity contribution in [3.63, 3.8) is 0 Å². The number of aromatic carboxylic acids is 1. The van der Waals surface area contributed by atoms with E-state index in [0.717, 1.165) is 0 Å². The zero-order valence-corrected chi connectivity index (χ0v) is 9.86. The van der Waals surface area contributed by atoms with Crippen molar-refractivity contribution in [2.75, 3.05) is 5.73 Å². The van der Waals surface area contributed by atoms with Crippen LogP contribution in [0.3, 0.4) is 0 Å². The topological polar surface area (TPSA) is 81.1 Å². The number of halogens is 2. The van der Waals surface area contributed by atoms with Crippen molar-refractivity contribution in [3.8, 4) is 0 Å². The number of nitrogens with zero attached hydrogens (tertiary/aromatic N) is 2. The van der Waals surface area contributed by atoms with Crippen LogP contribution in [-0.2, 0) is 6.54 Å². The smallest absolute Gasteiger partial charge is 0.358 e. The average molecular weight is 270 g/mol. The van der Waals surface area contributed by atoms with Gasteiger partial charge in [0, 0.05) is 16.8 Å². The minimum Gasteiger partial charge on any atom is -0.476 e. The molecule has 1 heterocycles. The Balaban J connectivity index is 2.35. The largest absolute Gasteiger partial charge is 0.476 e. The summed E-state index contributed by atoms with van der Waals surface area (Å²) in [6.07, 6.45) is 1.33. The van der Waals surface area contributed by atoms with E-state index in [1.165, 1.54) is 23.0 Å². The van der Waals surface area contributed by atoms with E-state index in [1.54, 1.807) is 6.07 Å². The summed E-state index contributed by atoms with van der Waals surface area (Å²) < 4.78 is 14.8. The Kier molecular flexibility index (Phi) is 3.20. The van der Waals surface area contributed by atoms with Gasteiger partial charge in [0.05, 0.1) is 12.2 Å². The van der Waals surface area contributed by atoms with Crippen LogP contribution in [0.5, 0.6) is 0 Å². The summed E-state index contributed by atoms with van der Waals surface area (Å²) in [5, 5.41) is 12.8. The lowest BCUT2D eigenvalue weighted by molar-refractivity contribution is 0.0690. The zero-order chi connectivity index (χ0) is 13.3. The molecule has 0 fully saturated rings. The number of anilines is 1. The number of carboxylic acid groups (broad SMARTS) is 1. The molecular formula is C11H9ClFN3O2. The van der Waals surface area contributed by atoms with Crippen molar-refractivity contribution in [3.05, 3.63) is 46.5 Å². The van der Waals surface area contributed by atoms with Gasteiger partial charge in [-0.1, -0.05) is 17.7 Å². The summed E-state index contributed by atoms with van der Waals surface area (Å²) in [6.45, 7) is 0.0169. The zero-order valence-electron chi connectivity index (χ0n) is 9.10. The summed E-state index contributed by atoms with van der Waals surface area (Å²) in [5.41, 5.74) is 5.48. The molecule has 0 radical (unpaired) electrons. The van der Waals surface area contributed by atoms with Crippen LogP contribution in [0.25, 0.3) is 0 Å². The Bertz CT molecular complexity index is 592. The number of aromatic nitrogens is 2. The SMILES string of the molecule is Nc1cn(Cc2c(F)cccc2Cl)nc1C(=O)O. The Hall–Kier alpha value is -2.08. The van der Waals surface area contributed by atoms with Gasteiger partial charge in [-0.15, -0.1) is 0 Å². The lowest BCUT2D eigenvalue weighted by Gasteiger charge is -2.05. The van der Waals surface area contributed by atoms with Crippen LogP contribution < -0.4 is 5.73 Å². The molecule has 1 aromatic heterocycles. The molecule has 0 spiro atoms. The first-order chi connectivity index (χ1) is 8.49. The third-order valence-electron chi connectivity index (χ3n) is 2.37. The van der Waals surface area contributed by atoms with E-state index in [0.29, 0.717) is 0 Å². The fraction of sp³-hybridized carbons (Fsp3) is 0.0909. The highest BCUT2D eigenvalue weighted by Crippen LogP contribution is 2.20. The predicted octanol–water partition coefficient (Wildman–Crippen LogP) is 2.00. The first kappa shape index (κ1) is 12.4. The summed E-state index contributed by atoms with van der Waals surface area (Å²) in [6, 6.07) is 4.30. The Morgan fingerprint density at radius 2 is 2.28 bits per heavy atom. The monoisotopic (exact) mass is 269 g/mol. The van der Waals surface area contributed by atoms with Gasteiger partial charge in [0.15, 0.2) is 5.69 Å².